The van der Waals surface area contributed by atoms with Crippen molar-refractivity contribution in [3.05, 3.63) is 18.3 Å². The van der Waals surface area contributed by atoms with Crippen molar-refractivity contribution in [3.63, 3.8) is 0 Å². The Morgan fingerprint density at radius 3 is 2.53 bits per heavy atom. The largest absolute Gasteiger partial charge is 0.478 e. The highest BCUT2D eigenvalue weighted by molar-refractivity contribution is 5.43. The molecule has 1 aromatic heterocycles. The van der Waals surface area contributed by atoms with Crippen LogP contribution in [0.25, 0.3) is 0 Å². The number of hydrogen-bond donors (Lipinski definition) is 1. The highest BCUT2D eigenvalue weighted by atomic mass is 16.5. The van der Waals surface area contributed by atoms with Crippen LogP contribution in [0.15, 0.2) is 18.3 Å². The van der Waals surface area contributed by atoms with Crippen molar-refractivity contribution in [1.82, 2.24) is 4.98 Å². The molecular formula is C16H26N2O. The first-order valence-corrected chi connectivity index (χ1v) is 7.54. The van der Waals surface area contributed by atoms with Crippen molar-refractivity contribution >= 4 is 5.69 Å². The molecule has 1 aliphatic rings. The van der Waals surface area contributed by atoms with Gasteiger partial charge in [0.1, 0.15) is 0 Å². The second kappa shape index (κ2) is 6.78. The minimum atomic E-state index is 0.606. The molecule has 1 aromatic rings. The van der Waals surface area contributed by atoms with Gasteiger partial charge in [0.05, 0.1) is 18.5 Å². The number of rotatable bonds is 5. The molecule has 0 amide bonds. The number of nitrogens with zero attached hydrogens (tertiary/aromatic N) is 1. The van der Waals surface area contributed by atoms with Gasteiger partial charge in [-0.15, -0.1) is 0 Å². The van der Waals surface area contributed by atoms with E-state index in [1.807, 2.05) is 19.2 Å². The van der Waals surface area contributed by atoms with E-state index in [0.29, 0.717) is 18.5 Å². The lowest BCUT2D eigenvalue weighted by Crippen LogP contribution is -2.27. The average molecular weight is 262 g/mol. The highest BCUT2D eigenvalue weighted by Crippen LogP contribution is 2.31. The molecule has 1 heterocycles. The SMILES string of the molecule is CCOc1ccc(NC2CCC(C(C)C)CC2)cn1. The van der Waals surface area contributed by atoms with Crippen LogP contribution in [0.5, 0.6) is 5.88 Å². The Balaban J connectivity index is 1.82. The van der Waals surface area contributed by atoms with Gasteiger partial charge in [0, 0.05) is 12.1 Å². The van der Waals surface area contributed by atoms with E-state index in [0.717, 1.165) is 17.5 Å². The smallest absolute Gasteiger partial charge is 0.213 e. The van der Waals surface area contributed by atoms with E-state index in [-0.39, 0.29) is 0 Å². The summed E-state index contributed by atoms with van der Waals surface area (Å²) in [4.78, 5) is 4.29. The summed E-state index contributed by atoms with van der Waals surface area (Å²) in [5.41, 5.74) is 1.11. The van der Waals surface area contributed by atoms with Gasteiger partial charge in [-0.25, -0.2) is 4.98 Å². The third kappa shape index (κ3) is 4.12. The molecule has 0 aromatic carbocycles. The minimum Gasteiger partial charge on any atom is -0.478 e. The molecule has 0 unspecified atom stereocenters. The van der Waals surface area contributed by atoms with Crippen LogP contribution in [-0.4, -0.2) is 17.6 Å². The molecule has 0 bridgehead atoms. The van der Waals surface area contributed by atoms with Crippen LogP contribution in [0, 0.1) is 11.8 Å². The first-order chi connectivity index (χ1) is 9.19. The minimum absolute atomic E-state index is 0.606. The van der Waals surface area contributed by atoms with Crippen LogP contribution in [-0.2, 0) is 0 Å². The summed E-state index contributed by atoms with van der Waals surface area (Å²) in [5, 5.41) is 3.59. The monoisotopic (exact) mass is 262 g/mol. The third-order valence-corrected chi connectivity index (χ3v) is 4.11. The molecule has 1 fully saturated rings. The predicted octanol–water partition coefficient (Wildman–Crippen LogP) is 4.11. The number of nitrogens with one attached hydrogen (secondary N) is 1. The maximum absolute atomic E-state index is 5.35. The standard InChI is InChI=1S/C16H26N2O/c1-4-19-16-10-9-15(11-17-16)18-14-7-5-13(6-8-14)12(2)3/h9-14,18H,4-8H2,1-3H3. The van der Waals surface area contributed by atoms with Crippen LogP contribution >= 0.6 is 0 Å². The van der Waals surface area contributed by atoms with Gasteiger partial charge in [-0.05, 0) is 50.5 Å². The number of hydrogen-bond acceptors (Lipinski definition) is 3. The van der Waals surface area contributed by atoms with Gasteiger partial charge < -0.3 is 10.1 Å². The Morgan fingerprint density at radius 2 is 2.00 bits per heavy atom. The summed E-state index contributed by atoms with van der Waals surface area (Å²) in [6.07, 6.45) is 7.12. The summed E-state index contributed by atoms with van der Waals surface area (Å²) in [6.45, 7) is 7.32. The van der Waals surface area contributed by atoms with Gasteiger partial charge in [-0.3, -0.25) is 0 Å². The normalized spacial score (nSPS) is 23.4. The van der Waals surface area contributed by atoms with Crippen molar-refractivity contribution in [2.24, 2.45) is 11.8 Å². The molecule has 1 aliphatic carbocycles. The molecular weight excluding hydrogens is 236 g/mol. The Labute approximate surface area is 116 Å². The molecule has 1 saturated carbocycles. The quantitative estimate of drug-likeness (QED) is 0.867. The van der Waals surface area contributed by atoms with E-state index >= 15 is 0 Å². The molecule has 19 heavy (non-hydrogen) atoms. The zero-order valence-electron chi connectivity index (χ0n) is 12.4. The summed E-state index contributed by atoms with van der Waals surface area (Å²) >= 11 is 0. The fraction of sp³-hybridized carbons (Fsp3) is 0.688. The second-order valence-electron chi connectivity index (χ2n) is 5.82. The fourth-order valence-electron chi connectivity index (χ4n) is 2.86. The van der Waals surface area contributed by atoms with Gasteiger partial charge >= 0.3 is 0 Å². The highest BCUT2D eigenvalue weighted by Gasteiger charge is 2.22. The molecule has 1 N–H and O–H groups in total. The molecule has 0 aliphatic heterocycles. The molecule has 3 heteroatoms. The van der Waals surface area contributed by atoms with Crippen LogP contribution < -0.4 is 10.1 Å². The van der Waals surface area contributed by atoms with E-state index in [1.54, 1.807) is 0 Å². The van der Waals surface area contributed by atoms with Crippen molar-refractivity contribution < 1.29 is 4.74 Å². The van der Waals surface area contributed by atoms with Crippen molar-refractivity contribution in [2.45, 2.75) is 52.5 Å². The predicted molar refractivity (Wildman–Crippen MR) is 79.6 cm³/mol. The van der Waals surface area contributed by atoms with E-state index in [2.05, 4.69) is 30.2 Å². The topological polar surface area (TPSA) is 34.1 Å². The van der Waals surface area contributed by atoms with Crippen LogP contribution in [0.2, 0.25) is 0 Å². The number of anilines is 1. The maximum atomic E-state index is 5.35. The van der Waals surface area contributed by atoms with Gasteiger partial charge in [0.2, 0.25) is 5.88 Å². The Hall–Kier alpha value is -1.25. The summed E-state index contributed by atoms with van der Waals surface area (Å²) in [5.74, 6) is 2.45. The summed E-state index contributed by atoms with van der Waals surface area (Å²) in [6, 6.07) is 4.60. The van der Waals surface area contributed by atoms with Crippen molar-refractivity contribution in [1.29, 1.82) is 0 Å². The van der Waals surface area contributed by atoms with Gasteiger partial charge in [-0.1, -0.05) is 13.8 Å². The lowest BCUT2D eigenvalue weighted by atomic mass is 9.80. The lowest BCUT2D eigenvalue weighted by Gasteiger charge is -2.31. The van der Waals surface area contributed by atoms with Crippen molar-refractivity contribution in [2.75, 3.05) is 11.9 Å². The Morgan fingerprint density at radius 1 is 1.26 bits per heavy atom. The maximum Gasteiger partial charge on any atom is 0.213 e. The average Bonchev–Trinajstić information content (AvgIpc) is 2.42. The third-order valence-electron chi connectivity index (χ3n) is 4.11. The molecule has 0 radical (unpaired) electrons. The second-order valence-corrected chi connectivity index (χ2v) is 5.82. The summed E-state index contributed by atoms with van der Waals surface area (Å²) < 4.78 is 5.35. The molecule has 0 saturated heterocycles. The molecule has 106 valence electrons. The summed E-state index contributed by atoms with van der Waals surface area (Å²) in [7, 11) is 0. The Bertz CT molecular complexity index is 367. The van der Waals surface area contributed by atoms with E-state index in [1.165, 1.54) is 25.7 Å². The van der Waals surface area contributed by atoms with E-state index < -0.39 is 0 Å². The van der Waals surface area contributed by atoms with Gasteiger partial charge in [0.15, 0.2) is 0 Å². The van der Waals surface area contributed by atoms with E-state index in [4.69, 9.17) is 4.74 Å². The first kappa shape index (κ1) is 14.2. The van der Waals surface area contributed by atoms with Crippen LogP contribution in [0.1, 0.15) is 46.5 Å². The molecule has 0 atom stereocenters. The number of aromatic nitrogens is 1. The fourth-order valence-corrected chi connectivity index (χ4v) is 2.86. The first-order valence-electron chi connectivity index (χ1n) is 7.54. The molecule has 0 spiro atoms. The molecule has 2 rings (SSSR count). The van der Waals surface area contributed by atoms with Gasteiger partial charge in [0.25, 0.3) is 0 Å². The zero-order chi connectivity index (χ0) is 13.7. The van der Waals surface area contributed by atoms with Gasteiger partial charge in [-0.2, -0.15) is 0 Å². The zero-order valence-corrected chi connectivity index (χ0v) is 12.4. The van der Waals surface area contributed by atoms with Crippen LogP contribution in [0.4, 0.5) is 5.69 Å². The number of ether oxygens (including phenoxy) is 1. The van der Waals surface area contributed by atoms with E-state index in [9.17, 15) is 0 Å². The number of pyridine rings is 1. The van der Waals surface area contributed by atoms with Crippen LogP contribution in [0.3, 0.4) is 0 Å². The van der Waals surface area contributed by atoms with Crippen molar-refractivity contribution in [3.8, 4) is 5.88 Å². The Kier molecular flexibility index (Phi) is 5.06. The molecule has 3 nitrogen and oxygen atoms in total. The lowest BCUT2D eigenvalue weighted by molar-refractivity contribution is 0.267.